The Morgan fingerprint density at radius 2 is 1.72 bits per heavy atom. The van der Waals surface area contributed by atoms with Crippen molar-refractivity contribution in [3.05, 3.63) is 119 Å². The van der Waals surface area contributed by atoms with E-state index in [4.69, 9.17) is 4.42 Å². The summed E-state index contributed by atoms with van der Waals surface area (Å²) in [6.45, 7) is 4.48. The lowest BCUT2D eigenvalue weighted by molar-refractivity contribution is 0.0945. The highest BCUT2D eigenvalue weighted by molar-refractivity contribution is 5.91. The Kier molecular flexibility index (Phi) is 7.05. The van der Waals surface area contributed by atoms with E-state index in [1.807, 2.05) is 30.3 Å². The Labute approximate surface area is 187 Å². The van der Waals surface area contributed by atoms with E-state index in [-0.39, 0.29) is 11.6 Å². The molecule has 4 rings (SSSR count). The van der Waals surface area contributed by atoms with Crippen LogP contribution in [0, 0.1) is 6.92 Å². The highest BCUT2D eigenvalue weighted by Crippen LogP contribution is 2.15. The Bertz CT molecular complexity index is 1140. The minimum absolute atomic E-state index is 0.267. The molecule has 0 atom stereocenters. The first-order valence-electron chi connectivity index (χ1n) is 10.6. The molecule has 0 bridgehead atoms. The van der Waals surface area contributed by atoms with Gasteiger partial charge in [-0.3, -0.25) is 14.7 Å². The van der Waals surface area contributed by atoms with Gasteiger partial charge in [0.1, 0.15) is 6.26 Å². The minimum Gasteiger partial charge on any atom is -0.447 e. The predicted octanol–water partition coefficient (Wildman–Crippen LogP) is 4.51. The Hall–Kier alpha value is -3.77. The predicted molar refractivity (Wildman–Crippen MR) is 122 cm³/mol. The zero-order chi connectivity index (χ0) is 22.2. The lowest BCUT2D eigenvalue weighted by atomic mass is 10.1. The molecule has 0 saturated heterocycles. The average molecular weight is 427 g/mol. The second-order valence-corrected chi connectivity index (χ2v) is 7.79. The number of carbonyl (C=O) groups excluding carboxylic acids is 1. The fourth-order valence-electron chi connectivity index (χ4n) is 3.53. The summed E-state index contributed by atoms with van der Waals surface area (Å²) in [5.74, 6) is 0.247. The molecule has 0 aliphatic rings. The maximum absolute atomic E-state index is 12.5. The van der Waals surface area contributed by atoms with Crippen LogP contribution in [0.1, 0.15) is 38.6 Å². The summed E-state index contributed by atoms with van der Waals surface area (Å²) >= 11 is 0. The third-order valence-corrected chi connectivity index (χ3v) is 5.06. The minimum atomic E-state index is -0.267. The van der Waals surface area contributed by atoms with Gasteiger partial charge in [0.15, 0.2) is 5.69 Å². The summed E-state index contributed by atoms with van der Waals surface area (Å²) in [5, 5.41) is 2.85. The van der Waals surface area contributed by atoms with Crippen LogP contribution in [0.3, 0.4) is 0 Å². The standard InChI is InChI=1S/C26H26N4O2/c1-20-7-5-10-22(13-20)17-30(16-21-8-3-2-4-9-21)18-25-29-24(19-32-25)26(31)28-15-23-11-6-12-27-14-23/h2-14,19H,15-18H2,1H3,(H,28,31). The fourth-order valence-corrected chi connectivity index (χ4v) is 3.53. The molecule has 0 saturated carbocycles. The van der Waals surface area contributed by atoms with Crippen molar-refractivity contribution in [2.75, 3.05) is 0 Å². The molecule has 2 aromatic carbocycles. The number of hydrogen-bond acceptors (Lipinski definition) is 5. The molecular weight excluding hydrogens is 400 g/mol. The SMILES string of the molecule is Cc1cccc(CN(Cc2ccccc2)Cc2nc(C(=O)NCc3cccnc3)co2)c1. The number of amides is 1. The highest BCUT2D eigenvalue weighted by Gasteiger charge is 2.16. The molecule has 0 aliphatic heterocycles. The molecule has 0 unspecified atom stereocenters. The van der Waals surface area contributed by atoms with Gasteiger partial charge in [0.25, 0.3) is 5.91 Å². The summed E-state index contributed by atoms with van der Waals surface area (Å²) in [7, 11) is 0. The van der Waals surface area contributed by atoms with Crippen LogP contribution in [0.2, 0.25) is 0 Å². The summed E-state index contributed by atoms with van der Waals surface area (Å²) in [4.78, 5) is 23.2. The van der Waals surface area contributed by atoms with E-state index in [0.717, 1.165) is 18.7 Å². The molecule has 1 N–H and O–H groups in total. The van der Waals surface area contributed by atoms with Crippen LogP contribution in [0.4, 0.5) is 0 Å². The van der Waals surface area contributed by atoms with Crippen LogP contribution in [0.5, 0.6) is 0 Å². The molecule has 2 heterocycles. The van der Waals surface area contributed by atoms with Gasteiger partial charge in [0.2, 0.25) is 5.89 Å². The van der Waals surface area contributed by atoms with Gasteiger partial charge in [-0.15, -0.1) is 0 Å². The molecule has 4 aromatic rings. The Morgan fingerprint density at radius 1 is 0.938 bits per heavy atom. The van der Waals surface area contributed by atoms with Gasteiger partial charge in [-0.2, -0.15) is 0 Å². The van der Waals surface area contributed by atoms with Crippen molar-refractivity contribution in [3.63, 3.8) is 0 Å². The third-order valence-electron chi connectivity index (χ3n) is 5.06. The number of carbonyl (C=O) groups is 1. The van der Waals surface area contributed by atoms with E-state index in [9.17, 15) is 4.79 Å². The second kappa shape index (κ2) is 10.5. The summed E-state index contributed by atoms with van der Waals surface area (Å²) in [5.41, 5.74) is 4.87. The number of oxazole rings is 1. The molecule has 1 amide bonds. The molecular formula is C26H26N4O2. The van der Waals surface area contributed by atoms with E-state index in [2.05, 4.69) is 63.5 Å². The van der Waals surface area contributed by atoms with Gasteiger partial charge < -0.3 is 9.73 Å². The van der Waals surface area contributed by atoms with Crippen molar-refractivity contribution in [1.82, 2.24) is 20.2 Å². The van der Waals surface area contributed by atoms with Crippen LogP contribution in [0.15, 0.2) is 89.8 Å². The highest BCUT2D eigenvalue weighted by atomic mass is 16.3. The van der Waals surface area contributed by atoms with Gasteiger partial charge in [-0.25, -0.2) is 4.98 Å². The molecule has 32 heavy (non-hydrogen) atoms. The second-order valence-electron chi connectivity index (χ2n) is 7.79. The summed E-state index contributed by atoms with van der Waals surface area (Å²) < 4.78 is 5.64. The van der Waals surface area contributed by atoms with Crippen molar-refractivity contribution in [2.24, 2.45) is 0 Å². The third kappa shape index (κ3) is 6.12. The van der Waals surface area contributed by atoms with Crippen LogP contribution in [-0.2, 0) is 26.2 Å². The quantitative estimate of drug-likeness (QED) is 0.426. The van der Waals surface area contributed by atoms with E-state index < -0.39 is 0 Å². The van der Waals surface area contributed by atoms with Crippen molar-refractivity contribution >= 4 is 5.91 Å². The van der Waals surface area contributed by atoms with Crippen molar-refractivity contribution in [2.45, 2.75) is 33.1 Å². The monoisotopic (exact) mass is 426 g/mol. The van der Waals surface area contributed by atoms with Crippen molar-refractivity contribution in [1.29, 1.82) is 0 Å². The van der Waals surface area contributed by atoms with Gasteiger partial charge in [-0.05, 0) is 29.7 Å². The zero-order valence-electron chi connectivity index (χ0n) is 18.1. The van der Waals surface area contributed by atoms with E-state index in [1.54, 1.807) is 12.4 Å². The maximum atomic E-state index is 12.5. The lowest BCUT2D eigenvalue weighted by Gasteiger charge is -2.21. The zero-order valence-corrected chi connectivity index (χ0v) is 18.1. The van der Waals surface area contributed by atoms with Crippen LogP contribution < -0.4 is 5.32 Å². The maximum Gasteiger partial charge on any atom is 0.273 e. The Morgan fingerprint density at radius 3 is 2.50 bits per heavy atom. The van der Waals surface area contributed by atoms with Crippen LogP contribution in [-0.4, -0.2) is 20.8 Å². The topological polar surface area (TPSA) is 71.3 Å². The molecule has 0 spiro atoms. The molecule has 162 valence electrons. The lowest BCUT2D eigenvalue weighted by Crippen LogP contribution is -2.24. The molecule has 6 heteroatoms. The molecule has 2 aromatic heterocycles. The van der Waals surface area contributed by atoms with E-state index >= 15 is 0 Å². The smallest absolute Gasteiger partial charge is 0.273 e. The molecule has 6 nitrogen and oxygen atoms in total. The van der Waals surface area contributed by atoms with Gasteiger partial charge >= 0.3 is 0 Å². The first kappa shape index (κ1) is 21.5. The molecule has 0 fully saturated rings. The summed E-state index contributed by atoms with van der Waals surface area (Å²) in [6, 6.07) is 22.5. The normalized spacial score (nSPS) is 10.9. The summed E-state index contributed by atoms with van der Waals surface area (Å²) in [6.07, 6.45) is 4.84. The number of pyridine rings is 1. The number of benzene rings is 2. The number of nitrogens with zero attached hydrogens (tertiary/aromatic N) is 3. The molecule has 0 radical (unpaired) electrons. The number of nitrogens with one attached hydrogen (secondary N) is 1. The number of aryl methyl sites for hydroxylation is 1. The van der Waals surface area contributed by atoms with Gasteiger partial charge in [0.05, 0.1) is 6.54 Å². The number of rotatable bonds is 9. The fraction of sp³-hybridized carbons (Fsp3) is 0.192. The number of aromatic nitrogens is 2. The van der Waals surface area contributed by atoms with Crippen molar-refractivity contribution < 1.29 is 9.21 Å². The van der Waals surface area contributed by atoms with E-state index in [0.29, 0.717) is 19.0 Å². The molecule has 0 aliphatic carbocycles. The van der Waals surface area contributed by atoms with Crippen LogP contribution in [0.25, 0.3) is 0 Å². The van der Waals surface area contributed by atoms with Crippen LogP contribution >= 0.6 is 0 Å². The Balaban J connectivity index is 1.43. The largest absolute Gasteiger partial charge is 0.447 e. The van der Waals surface area contributed by atoms with E-state index in [1.165, 1.54) is 23.0 Å². The first-order valence-corrected chi connectivity index (χ1v) is 10.6. The number of hydrogen-bond donors (Lipinski definition) is 1. The first-order chi connectivity index (χ1) is 15.7. The van der Waals surface area contributed by atoms with Crippen molar-refractivity contribution in [3.8, 4) is 0 Å². The van der Waals surface area contributed by atoms with Gasteiger partial charge in [0, 0.05) is 32.0 Å². The van der Waals surface area contributed by atoms with Gasteiger partial charge in [-0.1, -0.05) is 66.2 Å². The average Bonchev–Trinajstić information content (AvgIpc) is 3.27.